The Bertz CT molecular complexity index is 348. The van der Waals surface area contributed by atoms with Crippen LogP contribution in [0.3, 0.4) is 0 Å². The Morgan fingerprint density at radius 2 is 2.25 bits per heavy atom. The molecule has 2 nitrogen and oxygen atoms in total. The molecule has 3 heteroatoms. The summed E-state index contributed by atoms with van der Waals surface area (Å²) in [5.74, 6) is 1.43. The molecule has 0 saturated heterocycles. The van der Waals surface area contributed by atoms with Crippen molar-refractivity contribution in [3.05, 3.63) is 34.7 Å². The lowest BCUT2D eigenvalue weighted by Crippen LogP contribution is -1.73. The number of rotatable bonds is 2. The van der Waals surface area contributed by atoms with Gasteiger partial charge in [0, 0.05) is 10.9 Å². The van der Waals surface area contributed by atoms with Gasteiger partial charge in [-0.15, -0.1) is 0 Å². The molecule has 62 valence electrons. The fraction of sp³-hybridized carbons (Fsp3) is 0.111. The van der Waals surface area contributed by atoms with Crippen molar-refractivity contribution in [2.75, 3.05) is 0 Å². The van der Waals surface area contributed by atoms with E-state index in [2.05, 4.69) is 0 Å². The SMILES string of the molecule is OCc1ccc(-c2ccsc2)o1. The molecule has 1 N–H and O–H groups in total. The molecule has 0 aliphatic carbocycles. The highest BCUT2D eigenvalue weighted by molar-refractivity contribution is 7.08. The number of aliphatic hydroxyl groups excluding tert-OH is 1. The van der Waals surface area contributed by atoms with Gasteiger partial charge in [0.05, 0.1) is 0 Å². The summed E-state index contributed by atoms with van der Waals surface area (Å²) in [4.78, 5) is 0. The smallest absolute Gasteiger partial charge is 0.135 e. The molecule has 0 bridgehead atoms. The minimum Gasteiger partial charge on any atom is -0.459 e. The Morgan fingerprint density at radius 3 is 2.83 bits per heavy atom. The molecule has 0 spiro atoms. The molecule has 0 aromatic carbocycles. The van der Waals surface area contributed by atoms with E-state index in [1.165, 1.54) is 0 Å². The second-order valence-electron chi connectivity index (χ2n) is 2.44. The van der Waals surface area contributed by atoms with Crippen molar-refractivity contribution in [3.8, 4) is 11.3 Å². The average molecular weight is 180 g/mol. The predicted molar refractivity (Wildman–Crippen MR) is 47.9 cm³/mol. The quantitative estimate of drug-likeness (QED) is 0.770. The lowest BCUT2D eigenvalue weighted by molar-refractivity contribution is 0.248. The number of furan rings is 1. The first-order valence-electron chi connectivity index (χ1n) is 3.62. The molecule has 2 heterocycles. The van der Waals surface area contributed by atoms with Gasteiger partial charge in [-0.2, -0.15) is 11.3 Å². The van der Waals surface area contributed by atoms with Crippen LogP contribution in [0.5, 0.6) is 0 Å². The maximum atomic E-state index is 8.76. The average Bonchev–Trinajstić information content (AvgIpc) is 2.75. The highest BCUT2D eigenvalue weighted by Crippen LogP contribution is 2.24. The second kappa shape index (κ2) is 3.13. The van der Waals surface area contributed by atoms with Crippen molar-refractivity contribution < 1.29 is 9.52 Å². The zero-order valence-electron chi connectivity index (χ0n) is 6.36. The van der Waals surface area contributed by atoms with Crippen LogP contribution in [0.4, 0.5) is 0 Å². The van der Waals surface area contributed by atoms with Gasteiger partial charge in [-0.1, -0.05) is 0 Å². The van der Waals surface area contributed by atoms with Crippen LogP contribution in [-0.4, -0.2) is 5.11 Å². The Kier molecular flexibility index (Phi) is 1.98. The Balaban J connectivity index is 2.35. The van der Waals surface area contributed by atoms with Crippen LogP contribution in [0.15, 0.2) is 33.4 Å². The van der Waals surface area contributed by atoms with Crippen molar-refractivity contribution >= 4 is 11.3 Å². The fourth-order valence-electron chi connectivity index (χ4n) is 1.02. The van der Waals surface area contributed by atoms with Gasteiger partial charge in [-0.05, 0) is 23.6 Å². The maximum Gasteiger partial charge on any atom is 0.135 e. The zero-order valence-corrected chi connectivity index (χ0v) is 7.17. The number of hydrogen-bond donors (Lipinski definition) is 1. The first-order chi connectivity index (χ1) is 5.90. The largest absolute Gasteiger partial charge is 0.459 e. The highest BCUT2D eigenvalue weighted by atomic mass is 32.1. The Morgan fingerprint density at radius 1 is 1.33 bits per heavy atom. The summed E-state index contributed by atoms with van der Waals surface area (Å²) in [5, 5.41) is 12.8. The third kappa shape index (κ3) is 1.29. The third-order valence-corrected chi connectivity index (χ3v) is 2.31. The lowest BCUT2D eigenvalue weighted by atomic mass is 10.3. The zero-order chi connectivity index (χ0) is 8.39. The van der Waals surface area contributed by atoms with Crippen LogP contribution >= 0.6 is 11.3 Å². The monoisotopic (exact) mass is 180 g/mol. The first kappa shape index (κ1) is 7.58. The summed E-state index contributed by atoms with van der Waals surface area (Å²) in [6.45, 7) is -0.0376. The van der Waals surface area contributed by atoms with Gasteiger partial charge < -0.3 is 9.52 Å². The van der Waals surface area contributed by atoms with Gasteiger partial charge in [0.15, 0.2) is 0 Å². The van der Waals surface area contributed by atoms with Crippen molar-refractivity contribution in [3.63, 3.8) is 0 Å². The Labute approximate surface area is 74.1 Å². The minimum atomic E-state index is -0.0376. The van der Waals surface area contributed by atoms with Crippen LogP contribution < -0.4 is 0 Å². The molecule has 2 rings (SSSR count). The molecule has 2 aromatic rings. The van der Waals surface area contributed by atoms with Gasteiger partial charge in [0.25, 0.3) is 0 Å². The topological polar surface area (TPSA) is 33.4 Å². The molecule has 0 atom stereocenters. The molecule has 0 fully saturated rings. The van der Waals surface area contributed by atoms with E-state index in [9.17, 15) is 0 Å². The van der Waals surface area contributed by atoms with E-state index in [1.807, 2.05) is 22.9 Å². The van der Waals surface area contributed by atoms with E-state index >= 15 is 0 Å². The molecule has 0 radical (unpaired) electrons. The number of thiophene rings is 1. The van der Waals surface area contributed by atoms with Gasteiger partial charge in [-0.3, -0.25) is 0 Å². The first-order valence-corrected chi connectivity index (χ1v) is 4.56. The Hall–Kier alpha value is -1.06. The van der Waals surface area contributed by atoms with Crippen LogP contribution in [0.2, 0.25) is 0 Å². The second-order valence-corrected chi connectivity index (χ2v) is 3.22. The molecule has 0 amide bonds. The maximum absolute atomic E-state index is 8.76. The van der Waals surface area contributed by atoms with E-state index in [0.717, 1.165) is 11.3 Å². The number of aliphatic hydroxyl groups is 1. The highest BCUT2D eigenvalue weighted by Gasteiger charge is 2.02. The normalized spacial score (nSPS) is 10.4. The van der Waals surface area contributed by atoms with E-state index in [-0.39, 0.29) is 6.61 Å². The molecule has 12 heavy (non-hydrogen) atoms. The van der Waals surface area contributed by atoms with Crippen molar-refractivity contribution in [1.29, 1.82) is 0 Å². The van der Waals surface area contributed by atoms with E-state index in [1.54, 1.807) is 17.4 Å². The van der Waals surface area contributed by atoms with Crippen LogP contribution in [0.1, 0.15) is 5.76 Å². The van der Waals surface area contributed by atoms with E-state index in [0.29, 0.717) is 5.76 Å². The van der Waals surface area contributed by atoms with Gasteiger partial charge in [0.2, 0.25) is 0 Å². The van der Waals surface area contributed by atoms with E-state index in [4.69, 9.17) is 9.52 Å². The third-order valence-electron chi connectivity index (χ3n) is 1.62. The molecule has 2 aromatic heterocycles. The minimum absolute atomic E-state index is 0.0376. The van der Waals surface area contributed by atoms with Gasteiger partial charge in [-0.25, -0.2) is 0 Å². The molecule has 0 aliphatic rings. The summed E-state index contributed by atoms with van der Waals surface area (Å²) in [5.41, 5.74) is 1.07. The standard InChI is InChI=1S/C9H8O2S/c10-5-8-1-2-9(11-8)7-3-4-12-6-7/h1-4,6,10H,5H2. The summed E-state index contributed by atoms with van der Waals surface area (Å²) in [7, 11) is 0. The number of hydrogen-bond acceptors (Lipinski definition) is 3. The summed E-state index contributed by atoms with van der Waals surface area (Å²) < 4.78 is 5.33. The van der Waals surface area contributed by atoms with Crippen LogP contribution in [0, 0.1) is 0 Å². The summed E-state index contributed by atoms with van der Waals surface area (Å²) in [6.07, 6.45) is 0. The van der Waals surface area contributed by atoms with Crippen molar-refractivity contribution in [2.24, 2.45) is 0 Å². The van der Waals surface area contributed by atoms with Crippen LogP contribution in [0.25, 0.3) is 11.3 Å². The summed E-state index contributed by atoms with van der Waals surface area (Å²) >= 11 is 1.63. The molecular formula is C9H8O2S. The predicted octanol–water partition coefficient (Wildman–Crippen LogP) is 2.50. The van der Waals surface area contributed by atoms with Gasteiger partial charge >= 0.3 is 0 Å². The lowest BCUT2D eigenvalue weighted by Gasteiger charge is -1.89. The molecule has 0 saturated carbocycles. The van der Waals surface area contributed by atoms with E-state index < -0.39 is 0 Å². The van der Waals surface area contributed by atoms with Crippen molar-refractivity contribution in [1.82, 2.24) is 0 Å². The molecule has 0 aliphatic heterocycles. The molecular weight excluding hydrogens is 172 g/mol. The van der Waals surface area contributed by atoms with Crippen LogP contribution in [-0.2, 0) is 6.61 Å². The summed E-state index contributed by atoms with van der Waals surface area (Å²) in [6, 6.07) is 5.64. The van der Waals surface area contributed by atoms with Crippen molar-refractivity contribution in [2.45, 2.75) is 6.61 Å². The van der Waals surface area contributed by atoms with Gasteiger partial charge in [0.1, 0.15) is 18.1 Å². The fourth-order valence-corrected chi connectivity index (χ4v) is 1.67. The molecule has 0 unspecified atom stereocenters.